The van der Waals surface area contributed by atoms with Crippen LogP contribution in [0.4, 0.5) is 0 Å². The zero-order chi connectivity index (χ0) is 23.3. The van der Waals surface area contributed by atoms with Gasteiger partial charge < -0.3 is 10.2 Å². The van der Waals surface area contributed by atoms with Crippen molar-refractivity contribution in [1.29, 1.82) is 0 Å². The van der Waals surface area contributed by atoms with Crippen LogP contribution in [-0.4, -0.2) is 22.9 Å². The van der Waals surface area contributed by atoms with Crippen molar-refractivity contribution in [2.75, 3.05) is 6.61 Å². The van der Waals surface area contributed by atoms with E-state index < -0.39 is 0 Å². The number of hydrogen-bond donors (Lipinski definition) is 2. The highest BCUT2D eigenvalue weighted by Gasteiger charge is 2.70. The van der Waals surface area contributed by atoms with Crippen LogP contribution in [0, 0.1) is 56.7 Å². The molecule has 2 heteroatoms. The van der Waals surface area contributed by atoms with E-state index >= 15 is 0 Å². The Balaban J connectivity index is 1.55. The second kappa shape index (κ2) is 7.09. The van der Waals surface area contributed by atoms with Gasteiger partial charge >= 0.3 is 0 Å². The first-order valence-corrected chi connectivity index (χ1v) is 13.8. The molecule has 0 aromatic rings. The molecule has 5 saturated carbocycles. The van der Waals surface area contributed by atoms with Gasteiger partial charge in [0.2, 0.25) is 0 Å². The van der Waals surface area contributed by atoms with E-state index in [1.54, 1.807) is 0 Å². The molecule has 32 heavy (non-hydrogen) atoms. The largest absolute Gasteiger partial charge is 0.396 e. The molecule has 0 aliphatic heterocycles. The van der Waals surface area contributed by atoms with E-state index in [0.717, 1.165) is 18.3 Å². The van der Waals surface area contributed by atoms with Crippen LogP contribution in [0.25, 0.3) is 0 Å². The minimum Gasteiger partial charge on any atom is -0.396 e. The third-order valence-electron chi connectivity index (χ3n) is 13.5. The zero-order valence-corrected chi connectivity index (χ0v) is 21.8. The molecule has 5 aliphatic carbocycles. The maximum Gasteiger partial charge on any atom is 0.0594 e. The van der Waals surface area contributed by atoms with E-state index in [0.29, 0.717) is 40.6 Å². The Morgan fingerprint density at radius 2 is 1.53 bits per heavy atom. The lowest BCUT2D eigenvalue weighted by molar-refractivity contribution is -0.249. The Hall–Kier alpha value is -0.340. The van der Waals surface area contributed by atoms with Gasteiger partial charge in [-0.25, -0.2) is 0 Å². The Labute approximate surface area is 197 Å². The Morgan fingerprint density at radius 3 is 2.19 bits per heavy atom. The predicted molar refractivity (Wildman–Crippen MR) is 132 cm³/mol. The third kappa shape index (κ3) is 2.66. The summed E-state index contributed by atoms with van der Waals surface area (Å²) in [5, 5.41) is 21.5. The van der Waals surface area contributed by atoms with Crippen LogP contribution in [-0.2, 0) is 0 Å². The maximum absolute atomic E-state index is 10.9. The van der Waals surface area contributed by atoms with Crippen molar-refractivity contribution in [1.82, 2.24) is 0 Å². The number of hydrogen-bond acceptors (Lipinski definition) is 2. The van der Waals surface area contributed by atoms with Gasteiger partial charge in [-0.15, -0.1) is 0 Å². The van der Waals surface area contributed by atoms with Crippen molar-refractivity contribution in [3.8, 4) is 0 Å². The quantitative estimate of drug-likeness (QED) is 0.452. The number of fused-ring (bicyclic) bond motifs is 7. The molecule has 0 radical (unpaired) electrons. The molecule has 10 atom stereocenters. The summed E-state index contributed by atoms with van der Waals surface area (Å²) in [5.41, 5.74) is 2.60. The van der Waals surface area contributed by atoms with Crippen LogP contribution >= 0.6 is 0 Å². The summed E-state index contributed by atoms with van der Waals surface area (Å²) < 4.78 is 0. The molecule has 0 heterocycles. The molecular formula is C30H50O2. The van der Waals surface area contributed by atoms with E-state index in [1.807, 2.05) is 0 Å². The summed E-state index contributed by atoms with van der Waals surface area (Å²) in [5.74, 6) is 3.33. The zero-order valence-electron chi connectivity index (χ0n) is 21.8. The van der Waals surface area contributed by atoms with Crippen molar-refractivity contribution in [3.63, 3.8) is 0 Å². The van der Waals surface area contributed by atoms with E-state index in [2.05, 4.69) is 48.1 Å². The van der Waals surface area contributed by atoms with Gasteiger partial charge in [0.1, 0.15) is 0 Å². The lowest BCUT2D eigenvalue weighted by Crippen LogP contribution is -2.66. The van der Waals surface area contributed by atoms with Gasteiger partial charge in [0, 0.05) is 6.61 Å². The second-order valence-corrected chi connectivity index (χ2v) is 14.6. The molecule has 5 aliphatic rings. The standard InChI is InChI=1S/C30H50O2/c1-19(2)20-10-15-30(18-31)17-16-28(6)21(25(20)30)8-9-23-27(5)13-12-24(32)26(3,4)22(27)11-14-29(23,28)7/h20-25,31-32H,1,8-18H2,2-7H3/t20-,21+,22-,23+,24-,25+,27+,28+,29+,30+/m0/s1. The molecule has 2 nitrogen and oxygen atoms in total. The van der Waals surface area contributed by atoms with Gasteiger partial charge in [-0.3, -0.25) is 0 Å². The van der Waals surface area contributed by atoms with Crippen LogP contribution in [0.1, 0.15) is 106 Å². The third-order valence-corrected chi connectivity index (χ3v) is 13.5. The van der Waals surface area contributed by atoms with Crippen LogP contribution in [0.2, 0.25) is 0 Å². The van der Waals surface area contributed by atoms with Crippen LogP contribution in [0.5, 0.6) is 0 Å². The first-order valence-electron chi connectivity index (χ1n) is 13.8. The van der Waals surface area contributed by atoms with Crippen molar-refractivity contribution in [2.45, 2.75) is 112 Å². The number of allylic oxidation sites excluding steroid dienone is 1. The molecule has 0 saturated heterocycles. The summed E-state index contributed by atoms with van der Waals surface area (Å²) in [6, 6.07) is 0. The van der Waals surface area contributed by atoms with E-state index in [9.17, 15) is 10.2 Å². The van der Waals surface area contributed by atoms with Crippen molar-refractivity contribution < 1.29 is 10.2 Å². The molecule has 0 aromatic heterocycles. The topological polar surface area (TPSA) is 40.5 Å². The SMILES string of the molecule is C=C(C)[C@@H]1CC[C@]2(CO)CC[C@]3(C)[C@H](CC[C@@H]4[C@]5(C)CC[C@H](O)C(C)(C)[C@@H]5CC[C@]43C)[C@@H]12. The molecule has 2 N–H and O–H groups in total. The fraction of sp³-hybridized carbons (Fsp3) is 0.933. The number of aliphatic hydroxyl groups excluding tert-OH is 2. The fourth-order valence-electron chi connectivity index (χ4n) is 11.5. The molecule has 0 unspecified atom stereocenters. The first-order chi connectivity index (χ1) is 14.9. The predicted octanol–water partition coefficient (Wildman–Crippen LogP) is 7.00. The van der Waals surface area contributed by atoms with Crippen LogP contribution in [0.3, 0.4) is 0 Å². The second-order valence-electron chi connectivity index (χ2n) is 14.6. The van der Waals surface area contributed by atoms with Crippen molar-refractivity contribution in [3.05, 3.63) is 12.2 Å². The molecule has 0 amide bonds. The average Bonchev–Trinajstić information content (AvgIpc) is 3.12. The maximum atomic E-state index is 10.9. The highest BCUT2D eigenvalue weighted by molar-refractivity contribution is 5.21. The van der Waals surface area contributed by atoms with Gasteiger partial charge in [0.25, 0.3) is 0 Å². The first kappa shape index (κ1) is 23.4. The van der Waals surface area contributed by atoms with Gasteiger partial charge in [0.15, 0.2) is 0 Å². The number of rotatable bonds is 2. The summed E-state index contributed by atoms with van der Waals surface area (Å²) in [4.78, 5) is 0. The minimum absolute atomic E-state index is 0.0290. The van der Waals surface area contributed by atoms with E-state index in [-0.39, 0.29) is 16.9 Å². The summed E-state index contributed by atoms with van der Waals surface area (Å²) in [7, 11) is 0. The van der Waals surface area contributed by atoms with Gasteiger partial charge in [-0.1, -0.05) is 46.8 Å². The molecular weight excluding hydrogens is 392 g/mol. The normalized spacial score (nSPS) is 56.5. The highest BCUT2D eigenvalue weighted by atomic mass is 16.3. The molecule has 0 aromatic carbocycles. The van der Waals surface area contributed by atoms with Crippen molar-refractivity contribution in [2.24, 2.45) is 56.7 Å². The fourth-order valence-corrected chi connectivity index (χ4v) is 11.5. The lowest BCUT2D eigenvalue weighted by Gasteiger charge is -2.73. The van der Waals surface area contributed by atoms with Crippen molar-refractivity contribution >= 4 is 0 Å². The summed E-state index contributed by atoms with van der Waals surface area (Å²) in [6.45, 7) is 19.7. The van der Waals surface area contributed by atoms with E-state index in [4.69, 9.17) is 0 Å². The lowest BCUT2D eigenvalue weighted by atomic mass is 9.32. The molecule has 0 spiro atoms. The molecule has 5 rings (SSSR count). The van der Waals surface area contributed by atoms with Gasteiger partial charge in [-0.2, -0.15) is 0 Å². The minimum atomic E-state index is -0.147. The van der Waals surface area contributed by atoms with Crippen LogP contribution in [0.15, 0.2) is 12.2 Å². The van der Waals surface area contributed by atoms with Gasteiger partial charge in [-0.05, 0) is 128 Å². The Morgan fingerprint density at radius 1 is 0.812 bits per heavy atom. The molecule has 5 fully saturated rings. The highest BCUT2D eigenvalue weighted by Crippen LogP contribution is 2.77. The molecule has 182 valence electrons. The summed E-state index contributed by atoms with van der Waals surface area (Å²) in [6.07, 6.45) is 12.2. The van der Waals surface area contributed by atoms with E-state index in [1.165, 1.54) is 63.4 Å². The van der Waals surface area contributed by atoms with Crippen LogP contribution < -0.4 is 0 Å². The summed E-state index contributed by atoms with van der Waals surface area (Å²) >= 11 is 0. The monoisotopic (exact) mass is 442 g/mol. The Bertz CT molecular complexity index is 786. The smallest absolute Gasteiger partial charge is 0.0594 e. The molecule has 0 bridgehead atoms. The Kier molecular flexibility index (Phi) is 5.19. The number of aliphatic hydroxyl groups is 2. The average molecular weight is 443 g/mol. The van der Waals surface area contributed by atoms with Gasteiger partial charge in [0.05, 0.1) is 6.10 Å².